The van der Waals surface area contributed by atoms with Gasteiger partial charge in [-0.25, -0.2) is 4.79 Å². The first-order valence-corrected chi connectivity index (χ1v) is 8.12. The van der Waals surface area contributed by atoms with Crippen molar-refractivity contribution in [3.05, 3.63) is 69.6 Å². The Balaban J connectivity index is 2.04. The first kappa shape index (κ1) is 21.2. The molecule has 0 unspecified atom stereocenters. The standard InChI is InChI=1S/C19H11F6NO4/c1-29-14-4-2-3-9-5-13(17(28)30-15(9)14)16(27)26-12-7-10(18(20,21)22)6-11(8-12)19(23,24)25/h2-8H,1H3,(H,26,27). The molecule has 1 amide bonds. The van der Waals surface area contributed by atoms with E-state index in [1.54, 1.807) is 0 Å². The molecule has 0 aliphatic heterocycles. The molecular weight excluding hydrogens is 420 g/mol. The second-order valence-corrected chi connectivity index (χ2v) is 6.07. The molecule has 0 saturated carbocycles. The third-order valence-corrected chi connectivity index (χ3v) is 4.03. The highest BCUT2D eigenvalue weighted by molar-refractivity contribution is 6.05. The number of alkyl halides is 6. The maximum Gasteiger partial charge on any atom is 0.416 e. The number of benzene rings is 2. The number of rotatable bonds is 3. The number of ether oxygens (including phenoxy) is 1. The van der Waals surface area contributed by atoms with Crippen molar-refractivity contribution in [3.63, 3.8) is 0 Å². The number of carbonyl (C=O) groups excluding carboxylic acids is 1. The van der Waals surface area contributed by atoms with Crippen molar-refractivity contribution in [1.29, 1.82) is 0 Å². The van der Waals surface area contributed by atoms with Crippen LogP contribution in [0.4, 0.5) is 32.0 Å². The van der Waals surface area contributed by atoms with E-state index in [4.69, 9.17) is 9.15 Å². The second kappa shape index (κ2) is 7.39. The lowest BCUT2D eigenvalue weighted by Crippen LogP contribution is -2.21. The predicted molar refractivity (Wildman–Crippen MR) is 93.4 cm³/mol. The Kier molecular flexibility index (Phi) is 5.23. The largest absolute Gasteiger partial charge is 0.493 e. The van der Waals surface area contributed by atoms with Crippen molar-refractivity contribution in [2.24, 2.45) is 0 Å². The topological polar surface area (TPSA) is 68.5 Å². The number of amides is 1. The number of carbonyl (C=O) groups is 1. The molecule has 0 bridgehead atoms. The normalized spacial score (nSPS) is 12.1. The van der Waals surface area contributed by atoms with Gasteiger partial charge in [0.2, 0.25) is 0 Å². The third-order valence-electron chi connectivity index (χ3n) is 4.03. The Hall–Kier alpha value is -3.50. The number of methoxy groups -OCH3 is 1. The van der Waals surface area contributed by atoms with E-state index in [1.165, 1.54) is 25.3 Å². The zero-order valence-electron chi connectivity index (χ0n) is 14.9. The monoisotopic (exact) mass is 431 g/mol. The van der Waals surface area contributed by atoms with Gasteiger partial charge in [-0.1, -0.05) is 12.1 Å². The average molecular weight is 431 g/mol. The molecule has 1 aromatic heterocycles. The first-order valence-electron chi connectivity index (χ1n) is 8.12. The first-order chi connectivity index (χ1) is 13.9. The van der Waals surface area contributed by atoms with Gasteiger partial charge in [0.25, 0.3) is 5.91 Å². The second-order valence-electron chi connectivity index (χ2n) is 6.07. The van der Waals surface area contributed by atoms with Crippen LogP contribution in [-0.2, 0) is 12.4 Å². The molecule has 0 spiro atoms. The molecule has 0 aliphatic rings. The minimum atomic E-state index is -5.08. The fourth-order valence-electron chi connectivity index (χ4n) is 2.66. The van der Waals surface area contributed by atoms with E-state index in [-0.39, 0.29) is 22.8 Å². The van der Waals surface area contributed by atoms with Gasteiger partial charge in [-0.2, -0.15) is 26.3 Å². The average Bonchev–Trinajstić information content (AvgIpc) is 2.65. The molecule has 0 radical (unpaired) electrons. The number of anilines is 1. The van der Waals surface area contributed by atoms with Crippen molar-refractivity contribution in [1.82, 2.24) is 0 Å². The fraction of sp³-hybridized carbons (Fsp3) is 0.158. The summed E-state index contributed by atoms with van der Waals surface area (Å²) in [5.74, 6) is -1.04. The van der Waals surface area contributed by atoms with Crippen LogP contribution in [0, 0.1) is 0 Å². The van der Waals surface area contributed by atoms with E-state index in [2.05, 4.69) is 0 Å². The van der Waals surface area contributed by atoms with Crippen LogP contribution in [0.2, 0.25) is 0 Å². The van der Waals surface area contributed by atoms with E-state index in [0.29, 0.717) is 12.1 Å². The van der Waals surface area contributed by atoms with Gasteiger partial charge < -0.3 is 14.5 Å². The Labute approximate surface area is 163 Å². The molecule has 30 heavy (non-hydrogen) atoms. The number of hydrogen-bond donors (Lipinski definition) is 1. The fourth-order valence-corrected chi connectivity index (χ4v) is 2.66. The number of halogens is 6. The SMILES string of the molecule is COc1cccc2cc(C(=O)Nc3cc(C(F)(F)F)cc(C(F)(F)F)c3)c(=O)oc12. The van der Waals surface area contributed by atoms with Gasteiger partial charge in [0.15, 0.2) is 11.3 Å². The summed E-state index contributed by atoms with van der Waals surface area (Å²) in [7, 11) is 1.32. The smallest absolute Gasteiger partial charge is 0.416 e. The summed E-state index contributed by atoms with van der Waals surface area (Å²) in [6.07, 6.45) is -10.2. The van der Waals surface area contributed by atoms with Crippen molar-refractivity contribution < 1.29 is 40.3 Å². The summed E-state index contributed by atoms with van der Waals surface area (Å²) in [6.45, 7) is 0. The quantitative estimate of drug-likeness (QED) is 0.463. The van der Waals surface area contributed by atoms with Crippen LogP contribution in [0.15, 0.2) is 51.7 Å². The van der Waals surface area contributed by atoms with Crippen molar-refractivity contribution in [2.75, 3.05) is 12.4 Å². The lowest BCUT2D eigenvalue weighted by molar-refractivity contribution is -0.143. The summed E-state index contributed by atoms with van der Waals surface area (Å²) < 4.78 is 87.7. The minimum Gasteiger partial charge on any atom is -0.493 e. The van der Waals surface area contributed by atoms with Crippen molar-refractivity contribution >= 4 is 22.6 Å². The van der Waals surface area contributed by atoms with Crippen LogP contribution in [-0.4, -0.2) is 13.0 Å². The van der Waals surface area contributed by atoms with Gasteiger partial charge in [0, 0.05) is 11.1 Å². The van der Waals surface area contributed by atoms with Crippen LogP contribution in [0.1, 0.15) is 21.5 Å². The maximum absolute atomic E-state index is 12.9. The summed E-state index contributed by atoms with van der Waals surface area (Å²) in [5.41, 5.74) is -5.73. The number of nitrogens with one attached hydrogen (secondary N) is 1. The zero-order valence-corrected chi connectivity index (χ0v) is 14.9. The third kappa shape index (κ3) is 4.24. The van der Waals surface area contributed by atoms with Crippen LogP contribution >= 0.6 is 0 Å². The lowest BCUT2D eigenvalue weighted by Gasteiger charge is -2.14. The highest BCUT2D eigenvalue weighted by Gasteiger charge is 2.37. The number of fused-ring (bicyclic) bond motifs is 1. The molecule has 3 rings (SSSR count). The van der Waals surface area contributed by atoms with E-state index in [9.17, 15) is 35.9 Å². The van der Waals surface area contributed by atoms with Gasteiger partial charge in [-0.15, -0.1) is 0 Å². The minimum absolute atomic E-state index is 0.0278. The van der Waals surface area contributed by atoms with E-state index < -0.39 is 46.3 Å². The molecule has 0 saturated heterocycles. The Morgan fingerprint density at radius 3 is 2.10 bits per heavy atom. The van der Waals surface area contributed by atoms with Crippen LogP contribution in [0.3, 0.4) is 0 Å². The zero-order chi connectivity index (χ0) is 22.3. The van der Waals surface area contributed by atoms with E-state index >= 15 is 0 Å². The molecule has 3 aromatic rings. The molecule has 0 aliphatic carbocycles. The molecule has 158 valence electrons. The molecule has 2 aromatic carbocycles. The molecule has 0 atom stereocenters. The molecule has 0 fully saturated rings. The van der Waals surface area contributed by atoms with Gasteiger partial charge >= 0.3 is 18.0 Å². The van der Waals surface area contributed by atoms with Gasteiger partial charge in [-0.3, -0.25) is 4.79 Å². The van der Waals surface area contributed by atoms with Crippen molar-refractivity contribution in [2.45, 2.75) is 12.4 Å². The number of para-hydroxylation sites is 1. The predicted octanol–water partition coefficient (Wildman–Crippen LogP) is 5.09. The van der Waals surface area contributed by atoms with Gasteiger partial charge in [0.05, 0.1) is 18.2 Å². The maximum atomic E-state index is 12.9. The number of hydrogen-bond acceptors (Lipinski definition) is 4. The summed E-state index contributed by atoms with van der Waals surface area (Å²) in [4.78, 5) is 24.5. The molecule has 1 heterocycles. The summed E-state index contributed by atoms with van der Waals surface area (Å²) >= 11 is 0. The Morgan fingerprint density at radius 2 is 1.57 bits per heavy atom. The van der Waals surface area contributed by atoms with Gasteiger partial charge in [-0.05, 0) is 30.3 Å². The van der Waals surface area contributed by atoms with Crippen LogP contribution in [0.25, 0.3) is 11.0 Å². The highest BCUT2D eigenvalue weighted by Crippen LogP contribution is 2.37. The Morgan fingerprint density at radius 1 is 0.967 bits per heavy atom. The van der Waals surface area contributed by atoms with Crippen LogP contribution < -0.4 is 15.7 Å². The Bertz CT molecular complexity index is 1150. The molecule has 1 N–H and O–H groups in total. The summed E-state index contributed by atoms with van der Waals surface area (Å²) in [5, 5.41) is 2.15. The molecule has 5 nitrogen and oxygen atoms in total. The highest BCUT2D eigenvalue weighted by atomic mass is 19.4. The van der Waals surface area contributed by atoms with Crippen molar-refractivity contribution in [3.8, 4) is 5.75 Å². The molecule has 11 heteroatoms. The lowest BCUT2D eigenvalue weighted by atomic mass is 10.1. The van der Waals surface area contributed by atoms with E-state index in [1.807, 2.05) is 5.32 Å². The summed E-state index contributed by atoms with van der Waals surface area (Å²) in [6, 6.07) is 6.18. The van der Waals surface area contributed by atoms with Gasteiger partial charge in [0.1, 0.15) is 5.56 Å². The molecular formula is C19H11F6NO4. The van der Waals surface area contributed by atoms with Crippen LogP contribution in [0.5, 0.6) is 5.75 Å². The van der Waals surface area contributed by atoms with E-state index in [0.717, 1.165) is 6.07 Å².